The van der Waals surface area contributed by atoms with Crippen LogP contribution in [0.15, 0.2) is 73.2 Å². The summed E-state index contributed by atoms with van der Waals surface area (Å²) in [6.07, 6.45) is 4.95. The second-order valence-electron chi connectivity index (χ2n) is 5.79. The van der Waals surface area contributed by atoms with Crippen LogP contribution >= 0.6 is 0 Å². The summed E-state index contributed by atoms with van der Waals surface area (Å²) in [6.45, 7) is 0. The maximum absolute atomic E-state index is 13.0. The lowest BCUT2D eigenvalue weighted by Crippen LogP contribution is -2.20. The average molecular weight is 329 g/mol. The molecule has 0 saturated carbocycles. The second kappa shape index (κ2) is 5.87. The molecule has 0 radical (unpaired) electrons. The molecule has 1 aromatic carbocycles. The van der Waals surface area contributed by atoms with Gasteiger partial charge in [0.1, 0.15) is 5.69 Å². The van der Waals surface area contributed by atoms with Crippen LogP contribution in [0.1, 0.15) is 21.1 Å². The number of carbonyl (C=O) groups is 2. The predicted octanol–water partition coefficient (Wildman–Crippen LogP) is 3.41. The van der Waals surface area contributed by atoms with Crippen LogP contribution in [0.4, 0.5) is 0 Å². The van der Waals surface area contributed by atoms with Crippen molar-refractivity contribution in [3.05, 3.63) is 84.7 Å². The minimum Gasteiger partial charge on any atom is -0.331 e. The van der Waals surface area contributed by atoms with Crippen LogP contribution in [0, 0.1) is 0 Å². The molecule has 3 aromatic heterocycles. The number of pyridine rings is 1. The quantitative estimate of drug-likeness (QED) is 0.426. The van der Waals surface area contributed by atoms with Gasteiger partial charge in [-0.1, -0.05) is 36.4 Å². The number of benzene rings is 1. The number of carbonyl (C=O) groups excluding carboxylic acids is 2. The summed E-state index contributed by atoms with van der Waals surface area (Å²) in [7, 11) is 1.70. The molecule has 0 unspecified atom stereocenters. The molecule has 0 aliphatic heterocycles. The van der Waals surface area contributed by atoms with Gasteiger partial charge in [0.2, 0.25) is 0 Å². The van der Waals surface area contributed by atoms with E-state index in [-0.39, 0.29) is 5.82 Å². The lowest BCUT2D eigenvalue weighted by Gasteiger charge is -2.06. The third kappa shape index (κ3) is 2.46. The number of aryl methyl sites for hydroxylation is 1. The number of ketones is 2. The molecule has 4 aromatic rings. The van der Waals surface area contributed by atoms with Crippen molar-refractivity contribution in [3.8, 4) is 11.1 Å². The zero-order valence-electron chi connectivity index (χ0n) is 13.6. The zero-order chi connectivity index (χ0) is 17.4. The summed E-state index contributed by atoms with van der Waals surface area (Å²) in [6, 6.07) is 17.2. The molecule has 4 rings (SSSR count). The van der Waals surface area contributed by atoms with Crippen molar-refractivity contribution in [3.63, 3.8) is 0 Å². The van der Waals surface area contributed by atoms with Gasteiger partial charge in [0.15, 0.2) is 5.82 Å². The van der Waals surface area contributed by atoms with Crippen LogP contribution in [-0.2, 0) is 7.05 Å². The number of imidazole rings is 1. The summed E-state index contributed by atoms with van der Waals surface area (Å²) in [5.41, 5.74) is 2.84. The van der Waals surface area contributed by atoms with Gasteiger partial charge in [-0.2, -0.15) is 0 Å². The number of hydrogen-bond donors (Lipinski definition) is 0. The van der Waals surface area contributed by atoms with Crippen molar-refractivity contribution >= 4 is 17.1 Å². The van der Waals surface area contributed by atoms with E-state index in [0.29, 0.717) is 5.69 Å². The Bertz CT molecular complexity index is 1090. The van der Waals surface area contributed by atoms with Crippen molar-refractivity contribution in [1.82, 2.24) is 14.0 Å². The molecule has 0 aliphatic rings. The molecule has 0 fully saturated rings. The normalized spacial score (nSPS) is 10.9. The van der Waals surface area contributed by atoms with Crippen LogP contribution in [-0.4, -0.2) is 25.5 Å². The first-order valence-corrected chi connectivity index (χ1v) is 7.88. The Kier molecular flexibility index (Phi) is 3.54. The third-order valence-electron chi connectivity index (χ3n) is 4.21. The van der Waals surface area contributed by atoms with Crippen molar-refractivity contribution in [2.45, 2.75) is 0 Å². The average Bonchev–Trinajstić information content (AvgIpc) is 3.24. The van der Waals surface area contributed by atoms with Crippen LogP contribution < -0.4 is 0 Å². The predicted molar refractivity (Wildman–Crippen MR) is 94.7 cm³/mol. The van der Waals surface area contributed by atoms with Crippen LogP contribution in [0.3, 0.4) is 0 Å². The van der Waals surface area contributed by atoms with Crippen molar-refractivity contribution in [1.29, 1.82) is 0 Å². The fourth-order valence-electron chi connectivity index (χ4n) is 2.99. The Morgan fingerprint density at radius 3 is 2.40 bits per heavy atom. The van der Waals surface area contributed by atoms with Crippen LogP contribution in [0.5, 0.6) is 0 Å². The van der Waals surface area contributed by atoms with Crippen LogP contribution in [0.2, 0.25) is 0 Å². The lowest BCUT2D eigenvalue weighted by molar-refractivity contribution is 0.0806. The highest BCUT2D eigenvalue weighted by Gasteiger charge is 2.27. The summed E-state index contributed by atoms with van der Waals surface area (Å²) in [5.74, 6) is -1.05. The standard InChI is InChI=1S/C20H15N3O2/c1-22-12-10-21-20(22)19(25)18(24)17-16(14-7-3-2-4-8-14)13-15-9-5-6-11-23(15)17/h2-13H,1H3. The molecule has 0 aliphatic carbocycles. The molecule has 25 heavy (non-hydrogen) atoms. The highest BCUT2D eigenvalue weighted by Crippen LogP contribution is 2.28. The first kappa shape index (κ1) is 15.1. The number of hydrogen-bond acceptors (Lipinski definition) is 3. The molecule has 3 heterocycles. The number of fused-ring (bicyclic) bond motifs is 1. The van der Waals surface area contributed by atoms with Gasteiger partial charge in [-0.05, 0) is 23.8 Å². The van der Waals surface area contributed by atoms with E-state index in [2.05, 4.69) is 4.98 Å². The Labute approximate surface area is 144 Å². The molecule has 0 atom stereocenters. The molecule has 0 bridgehead atoms. The Morgan fingerprint density at radius 1 is 0.920 bits per heavy atom. The Morgan fingerprint density at radius 2 is 1.68 bits per heavy atom. The topological polar surface area (TPSA) is 56.4 Å². The third-order valence-corrected chi connectivity index (χ3v) is 4.21. The summed E-state index contributed by atoms with van der Waals surface area (Å²) < 4.78 is 3.31. The van der Waals surface area contributed by atoms with E-state index in [1.54, 1.807) is 28.4 Å². The van der Waals surface area contributed by atoms with Crippen molar-refractivity contribution in [2.24, 2.45) is 7.05 Å². The maximum atomic E-state index is 13.0. The molecule has 0 N–H and O–H groups in total. The first-order valence-electron chi connectivity index (χ1n) is 7.88. The summed E-state index contributed by atoms with van der Waals surface area (Å²) >= 11 is 0. The van der Waals surface area contributed by atoms with Gasteiger partial charge in [0, 0.05) is 36.7 Å². The molecule has 0 spiro atoms. The molecule has 0 saturated heterocycles. The van der Waals surface area contributed by atoms with Crippen molar-refractivity contribution < 1.29 is 9.59 Å². The zero-order valence-corrected chi connectivity index (χ0v) is 13.6. The number of Topliss-reactive ketones (excluding diaryl/α,β-unsaturated/α-hetero) is 2. The van der Waals surface area contributed by atoms with E-state index in [1.807, 2.05) is 54.6 Å². The SMILES string of the molecule is Cn1ccnc1C(=O)C(=O)c1c(-c2ccccc2)cc2ccccn12. The molecule has 122 valence electrons. The van der Waals surface area contributed by atoms with E-state index in [4.69, 9.17) is 0 Å². The van der Waals surface area contributed by atoms with Gasteiger partial charge in [-0.25, -0.2) is 4.98 Å². The molecular weight excluding hydrogens is 314 g/mol. The molecule has 5 heteroatoms. The van der Waals surface area contributed by atoms with Gasteiger partial charge >= 0.3 is 0 Å². The highest BCUT2D eigenvalue weighted by molar-refractivity contribution is 6.49. The lowest BCUT2D eigenvalue weighted by atomic mass is 10.0. The van der Waals surface area contributed by atoms with E-state index >= 15 is 0 Å². The first-order chi connectivity index (χ1) is 12.2. The largest absolute Gasteiger partial charge is 0.331 e. The van der Waals surface area contributed by atoms with Crippen molar-refractivity contribution in [2.75, 3.05) is 0 Å². The molecule has 0 amide bonds. The smallest absolute Gasteiger partial charge is 0.270 e. The van der Waals surface area contributed by atoms with Gasteiger partial charge in [0.05, 0.1) is 0 Å². The van der Waals surface area contributed by atoms with E-state index < -0.39 is 11.6 Å². The fraction of sp³-hybridized carbons (Fsp3) is 0.0500. The molecule has 5 nitrogen and oxygen atoms in total. The fourth-order valence-corrected chi connectivity index (χ4v) is 2.99. The summed E-state index contributed by atoms with van der Waals surface area (Å²) in [4.78, 5) is 29.8. The maximum Gasteiger partial charge on any atom is 0.270 e. The minimum atomic E-state index is -0.617. The number of rotatable bonds is 4. The highest BCUT2D eigenvalue weighted by atomic mass is 16.2. The Hall–Kier alpha value is -3.47. The monoisotopic (exact) mass is 329 g/mol. The second-order valence-corrected chi connectivity index (χ2v) is 5.79. The van der Waals surface area contributed by atoms with Gasteiger partial charge < -0.3 is 8.97 Å². The van der Waals surface area contributed by atoms with E-state index in [0.717, 1.165) is 16.6 Å². The van der Waals surface area contributed by atoms with Gasteiger partial charge in [-0.15, -0.1) is 0 Å². The minimum absolute atomic E-state index is 0.134. The van der Waals surface area contributed by atoms with Crippen LogP contribution in [0.25, 0.3) is 16.6 Å². The van der Waals surface area contributed by atoms with Gasteiger partial charge in [-0.3, -0.25) is 9.59 Å². The number of aromatic nitrogens is 3. The molecular formula is C20H15N3O2. The van der Waals surface area contributed by atoms with E-state index in [1.165, 1.54) is 6.20 Å². The summed E-state index contributed by atoms with van der Waals surface area (Å²) in [5, 5.41) is 0. The number of nitrogens with zero attached hydrogens (tertiary/aromatic N) is 3. The van der Waals surface area contributed by atoms with E-state index in [9.17, 15) is 9.59 Å². The Balaban J connectivity index is 1.92. The van der Waals surface area contributed by atoms with Gasteiger partial charge in [0.25, 0.3) is 11.6 Å².